The predicted molar refractivity (Wildman–Crippen MR) is 130 cm³/mol. The maximum Gasteiger partial charge on any atom is 0.246 e. The molecule has 0 aliphatic carbocycles. The number of aliphatic imine (C=N–C) groups is 1. The van der Waals surface area contributed by atoms with E-state index in [9.17, 15) is 4.79 Å². The molecule has 1 aliphatic heterocycles. The van der Waals surface area contributed by atoms with E-state index in [1.165, 1.54) is 0 Å². The average Bonchev–Trinajstić information content (AvgIpc) is 3.36. The summed E-state index contributed by atoms with van der Waals surface area (Å²) in [5.41, 5.74) is 1.69. The Morgan fingerprint density at radius 3 is 2.87 bits per heavy atom. The molecule has 0 spiro atoms. The Morgan fingerprint density at radius 2 is 2.13 bits per heavy atom. The molecule has 1 amide bonds. The zero-order valence-electron chi connectivity index (χ0n) is 17.8. The van der Waals surface area contributed by atoms with Gasteiger partial charge >= 0.3 is 0 Å². The van der Waals surface area contributed by atoms with Crippen molar-refractivity contribution in [2.24, 2.45) is 12.0 Å². The smallest absolute Gasteiger partial charge is 0.246 e. The molecule has 3 aromatic rings. The second-order valence-electron chi connectivity index (χ2n) is 7.22. The molecular formula is C20H28IN9O. The van der Waals surface area contributed by atoms with Crippen LogP contribution < -0.4 is 10.2 Å². The number of fused-ring (bicyclic) bond motifs is 1. The van der Waals surface area contributed by atoms with E-state index < -0.39 is 0 Å². The Morgan fingerprint density at radius 1 is 1.26 bits per heavy atom. The fourth-order valence-corrected chi connectivity index (χ4v) is 3.58. The molecular weight excluding hydrogens is 509 g/mol. The van der Waals surface area contributed by atoms with Crippen LogP contribution in [0, 0.1) is 0 Å². The summed E-state index contributed by atoms with van der Waals surface area (Å²) in [4.78, 5) is 21.2. The first-order chi connectivity index (χ1) is 14.7. The number of guanidine groups is 1. The minimum absolute atomic E-state index is 0. The van der Waals surface area contributed by atoms with Gasteiger partial charge in [0.2, 0.25) is 5.91 Å². The summed E-state index contributed by atoms with van der Waals surface area (Å²) in [5, 5.41) is 15.9. The zero-order chi connectivity index (χ0) is 20.9. The van der Waals surface area contributed by atoms with E-state index in [1.807, 2.05) is 53.9 Å². The number of aryl methyl sites for hydroxylation is 2. The molecule has 10 nitrogen and oxygen atoms in total. The van der Waals surface area contributed by atoms with E-state index in [4.69, 9.17) is 4.99 Å². The average molecular weight is 537 g/mol. The number of amides is 1. The van der Waals surface area contributed by atoms with Gasteiger partial charge in [0.15, 0.2) is 11.6 Å². The number of anilines is 1. The van der Waals surface area contributed by atoms with E-state index in [1.54, 1.807) is 15.8 Å². The van der Waals surface area contributed by atoms with Gasteiger partial charge in [-0.05, 0) is 25.5 Å². The number of carbonyl (C=O) groups is 1. The van der Waals surface area contributed by atoms with Gasteiger partial charge in [0.1, 0.15) is 12.4 Å². The second-order valence-corrected chi connectivity index (χ2v) is 7.22. The highest BCUT2D eigenvalue weighted by atomic mass is 127. The van der Waals surface area contributed by atoms with Crippen LogP contribution >= 0.6 is 24.0 Å². The fraction of sp³-hybridized carbons (Fsp3) is 0.450. The van der Waals surface area contributed by atoms with Crippen molar-refractivity contribution in [3.63, 3.8) is 0 Å². The molecule has 1 fully saturated rings. The third kappa shape index (κ3) is 5.32. The summed E-state index contributed by atoms with van der Waals surface area (Å²) < 4.78 is 3.71. The summed E-state index contributed by atoms with van der Waals surface area (Å²) in [6, 6.07) is 5.87. The lowest BCUT2D eigenvalue weighted by Crippen LogP contribution is -2.55. The van der Waals surface area contributed by atoms with Gasteiger partial charge in [-0.3, -0.25) is 18.9 Å². The van der Waals surface area contributed by atoms with Gasteiger partial charge < -0.3 is 15.1 Å². The third-order valence-electron chi connectivity index (χ3n) is 5.06. The van der Waals surface area contributed by atoms with Crippen LogP contribution in [-0.4, -0.2) is 73.9 Å². The number of hydrogen-bond acceptors (Lipinski definition) is 5. The normalized spacial score (nSPS) is 14.8. The first-order valence-corrected chi connectivity index (χ1v) is 10.3. The maximum atomic E-state index is 12.7. The lowest BCUT2D eigenvalue weighted by Gasteiger charge is -2.35. The molecule has 0 unspecified atom stereocenters. The van der Waals surface area contributed by atoms with Gasteiger partial charge in [-0.1, -0.05) is 6.07 Å². The summed E-state index contributed by atoms with van der Waals surface area (Å²) in [7, 11) is 1.85. The van der Waals surface area contributed by atoms with E-state index in [0.717, 1.165) is 49.0 Å². The van der Waals surface area contributed by atoms with E-state index in [-0.39, 0.29) is 29.9 Å². The summed E-state index contributed by atoms with van der Waals surface area (Å²) in [5.74, 6) is 1.77. The lowest BCUT2D eigenvalue weighted by atomic mass is 10.3. The fourth-order valence-electron chi connectivity index (χ4n) is 3.58. The Labute approximate surface area is 198 Å². The van der Waals surface area contributed by atoms with Crippen molar-refractivity contribution in [3.05, 3.63) is 42.6 Å². The monoisotopic (exact) mass is 537 g/mol. The molecule has 0 radical (unpaired) electrons. The van der Waals surface area contributed by atoms with Gasteiger partial charge in [0.05, 0.1) is 11.9 Å². The Kier molecular flexibility index (Phi) is 7.82. The molecule has 0 aromatic carbocycles. The van der Waals surface area contributed by atoms with Crippen LogP contribution in [0.1, 0.15) is 19.2 Å². The lowest BCUT2D eigenvalue weighted by molar-refractivity contribution is -0.120. The number of nitrogens with zero attached hydrogens (tertiary/aromatic N) is 8. The van der Waals surface area contributed by atoms with E-state index in [0.29, 0.717) is 19.6 Å². The minimum atomic E-state index is 0. The summed E-state index contributed by atoms with van der Waals surface area (Å²) >= 11 is 0. The molecule has 11 heteroatoms. The van der Waals surface area contributed by atoms with Crippen molar-refractivity contribution in [3.8, 4) is 0 Å². The maximum absolute atomic E-state index is 12.7. The molecule has 3 aromatic heterocycles. The van der Waals surface area contributed by atoms with Crippen LogP contribution in [0.2, 0.25) is 0 Å². The standard InChI is InChI=1S/C20H27N9O.HI/c1-3-21-20(22-9-6-8-18-25-24-17-7-4-5-10-29(17)18)27-11-12-28(19(30)15-27)16-13-23-26(2)14-16;/h4-5,7,10,13-14H,3,6,8-9,11-12,15H2,1-2H3,(H,21,22);1H. The van der Waals surface area contributed by atoms with Crippen molar-refractivity contribution in [1.29, 1.82) is 0 Å². The highest BCUT2D eigenvalue weighted by Crippen LogP contribution is 2.16. The van der Waals surface area contributed by atoms with Crippen LogP contribution in [0.4, 0.5) is 5.69 Å². The predicted octanol–water partition coefficient (Wildman–Crippen LogP) is 1.33. The molecule has 4 rings (SSSR count). The number of pyridine rings is 1. The van der Waals surface area contributed by atoms with E-state index >= 15 is 0 Å². The highest BCUT2D eigenvalue weighted by molar-refractivity contribution is 14.0. The van der Waals surface area contributed by atoms with Crippen LogP contribution in [0.25, 0.3) is 5.65 Å². The van der Waals surface area contributed by atoms with Crippen LogP contribution in [0.3, 0.4) is 0 Å². The third-order valence-corrected chi connectivity index (χ3v) is 5.06. The van der Waals surface area contributed by atoms with Gasteiger partial charge in [0, 0.05) is 52.0 Å². The van der Waals surface area contributed by atoms with Crippen LogP contribution in [0.5, 0.6) is 0 Å². The molecule has 4 heterocycles. The van der Waals surface area contributed by atoms with Crippen molar-refractivity contribution in [2.45, 2.75) is 19.8 Å². The quantitative estimate of drug-likeness (QED) is 0.221. The van der Waals surface area contributed by atoms with Crippen molar-refractivity contribution >= 4 is 47.2 Å². The van der Waals surface area contributed by atoms with Gasteiger partial charge in [-0.25, -0.2) is 0 Å². The minimum Gasteiger partial charge on any atom is -0.357 e. The van der Waals surface area contributed by atoms with Gasteiger partial charge in [-0.15, -0.1) is 34.2 Å². The molecule has 0 atom stereocenters. The van der Waals surface area contributed by atoms with Crippen LogP contribution in [-0.2, 0) is 18.3 Å². The van der Waals surface area contributed by atoms with E-state index in [2.05, 4.69) is 20.6 Å². The Hall–Kier alpha value is -2.70. The number of piperazine rings is 1. The second kappa shape index (κ2) is 10.6. The Bertz CT molecular complexity index is 1040. The zero-order valence-corrected chi connectivity index (χ0v) is 20.1. The van der Waals surface area contributed by atoms with Crippen molar-refractivity contribution in [1.82, 2.24) is 34.6 Å². The summed E-state index contributed by atoms with van der Waals surface area (Å²) in [6.45, 7) is 5.08. The molecule has 1 aliphatic rings. The number of carbonyl (C=O) groups excluding carboxylic acids is 1. The first kappa shape index (κ1) is 23.0. The molecule has 0 saturated carbocycles. The molecule has 166 valence electrons. The molecule has 1 N–H and O–H groups in total. The Balaban J connectivity index is 0.00000272. The number of nitrogens with one attached hydrogen (secondary N) is 1. The molecule has 31 heavy (non-hydrogen) atoms. The number of hydrogen-bond donors (Lipinski definition) is 1. The largest absolute Gasteiger partial charge is 0.357 e. The summed E-state index contributed by atoms with van der Waals surface area (Å²) in [6.07, 6.45) is 7.21. The number of rotatable bonds is 6. The SMILES string of the molecule is CCNC(=NCCCc1nnc2ccccn12)N1CCN(c2cnn(C)c2)C(=O)C1.I. The van der Waals surface area contributed by atoms with Gasteiger partial charge in [0.25, 0.3) is 0 Å². The number of halogens is 1. The van der Waals surface area contributed by atoms with Gasteiger partial charge in [-0.2, -0.15) is 5.10 Å². The van der Waals surface area contributed by atoms with Crippen molar-refractivity contribution in [2.75, 3.05) is 37.6 Å². The number of aromatic nitrogens is 5. The first-order valence-electron chi connectivity index (χ1n) is 10.3. The van der Waals surface area contributed by atoms with Crippen LogP contribution in [0.15, 0.2) is 41.8 Å². The molecule has 0 bridgehead atoms. The molecule has 1 saturated heterocycles. The van der Waals surface area contributed by atoms with Crippen molar-refractivity contribution < 1.29 is 4.79 Å². The topological polar surface area (TPSA) is 95.9 Å². The highest BCUT2D eigenvalue weighted by Gasteiger charge is 2.27.